The second-order valence-corrected chi connectivity index (χ2v) is 6.89. The van der Waals surface area contributed by atoms with E-state index in [0.717, 1.165) is 39.0 Å². The summed E-state index contributed by atoms with van der Waals surface area (Å²) in [6, 6.07) is 10.3. The Morgan fingerprint density at radius 3 is 2.96 bits per heavy atom. The molecule has 1 aromatic carbocycles. The Balaban J connectivity index is 1.36. The molecular weight excluding hydrogens is 304 g/mol. The molecule has 0 unspecified atom stereocenters. The molecule has 2 amide bonds. The molecule has 0 spiro atoms. The van der Waals surface area contributed by atoms with Gasteiger partial charge in [-0.2, -0.15) is 0 Å². The van der Waals surface area contributed by atoms with E-state index in [2.05, 4.69) is 17.4 Å². The zero-order chi connectivity index (χ0) is 16.8. The van der Waals surface area contributed by atoms with Crippen LogP contribution in [0.2, 0.25) is 0 Å². The summed E-state index contributed by atoms with van der Waals surface area (Å²) in [7, 11) is 0. The Hall–Kier alpha value is -1.59. The van der Waals surface area contributed by atoms with Crippen LogP contribution in [0.1, 0.15) is 31.7 Å². The lowest BCUT2D eigenvalue weighted by Crippen LogP contribution is -2.47. The van der Waals surface area contributed by atoms with Crippen molar-refractivity contribution < 1.29 is 14.3 Å². The molecule has 2 heterocycles. The van der Waals surface area contributed by atoms with E-state index in [9.17, 15) is 4.79 Å². The minimum atomic E-state index is 0.0311. The van der Waals surface area contributed by atoms with Crippen LogP contribution < -0.4 is 5.32 Å². The number of hydrogen-bond donors (Lipinski definition) is 1. The second-order valence-electron chi connectivity index (χ2n) is 6.89. The summed E-state index contributed by atoms with van der Waals surface area (Å²) in [6.07, 6.45) is 3.31. The van der Waals surface area contributed by atoms with Gasteiger partial charge in [0.2, 0.25) is 0 Å². The van der Waals surface area contributed by atoms with E-state index < -0.39 is 0 Å². The van der Waals surface area contributed by atoms with Crippen LogP contribution in [0, 0.1) is 5.92 Å². The molecule has 0 aromatic heterocycles. The predicted octanol–water partition coefficient (Wildman–Crippen LogP) is 2.80. The van der Waals surface area contributed by atoms with Crippen LogP contribution in [0.15, 0.2) is 30.3 Å². The van der Waals surface area contributed by atoms with Gasteiger partial charge in [0.1, 0.15) is 0 Å². The number of carbonyl (C=O) groups is 1. The molecule has 3 rings (SSSR count). The van der Waals surface area contributed by atoms with Crippen LogP contribution in [-0.4, -0.2) is 49.4 Å². The summed E-state index contributed by atoms with van der Waals surface area (Å²) in [5.74, 6) is 0.428. The molecule has 5 nitrogen and oxygen atoms in total. The number of urea groups is 1. The minimum Gasteiger partial charge on any atom is -0.376 e. The topological polar surface area (TPSA) is 50.8 Å². The van der Waals surface area contributed by atoms with Crippen molar-refractivity contribution in [3.05, 3.63) is 35.9 Å². The van der Waals surface area contributed by atoms with Gasteiger partial charge in [0.05, 0.1) is 25.4 Å². The van der Waals surface area contributed by atoms with Gasteiger partial charge < -0.3 is 19.7 Å². The molecule has 2 aliphatic rings. The third-order valence-corrected chi connectivity index (χ3v) is 4.91. The number of nitrogens with one attached hydrogen (secondary N) is 1. The first-order chi connectivity index (χ1) is 11.7. The lowest BCUT2D eigenvalue weighted by atomic mass is 10.1. The van der Waals surface area contributed by atoms with E-state index in [4.69, 9.17) is 9.47 Å². The van der Waals surface area contributed by atoms with Gasteiger partial charge in [-0.3, -0.25) is 0 Å². The van der Waals surface area contributed by atoms with Gasteiger partial charge in [0, 0.05) is 25.6 Å². The van der Waals surface area contributed by atoms with Crippen LogP contribution in [0.5, 0.6) is 0 Å². The van der Waals surface area contributed by atoms with Crippen LogP contribution in [-0.2, 0) is 16.1 Å². The molecule has 24 heavy (non-hydrogen) atoms. The monoisotopic (exact) mass is 332 g/mol. The number of carbonyl (C=O) groups excluding carboxylic acids is 1. The number of hydrogen-bond acceptors (Lipinski definition) is 3. The van der Waals surface area contributed by atoms with Gasteiger partial charge in [-0.1, -0.05) is 30.3 Å². The van der Waals surface area contributed by atoms with E-state index in [-0.39, 0.29) is 18.2 Å². The fraction of sp³-hybridized carbons (Fsp3) is 0.632. The Kier molecular flexibility index (Phi) is 6.10. The number of nitrogens with zero attached hydrogens (tertiary/aromatic N) is 1. The van der Waals surface area contributed by atoms with E-state index in [1.807, 2.05) is 30.0 Å². The smallest absolute Gasteiger partial charge is 0.317 e. The van der Waals surface area contributed by atoms with Crippen molar-refractivity contribution in [3.8, 4) is 0 Å². The molecule has 2 saturated heterocycles. The van der Waals surface area contributed by atoms with Crippen molar-refractivity contribution >= 4 is 6.03 Å². The SMILES string of the molecule is C[C@H](NC(=O)N1CC[C@@H](COCc2ccccc2)C1)[C@@H]1CCCO1. The molecular formula is C19H28N2O3. The van der Waals surface area contributed by atoms with Crippen LogP contribution in [0.25, 0.3) is 0 Å². The van der Waals surface area contributed by atoms with E-state index >= 15 is 0 Å². The third kappa shape index (κ3) is 4.71. The van der Waals surface area contributed by atoms with Crippen LogP contribution >= 0.6 is 0 Å². The number of amides is 2. The first-order valence-corrected chi connectivity index (χ1v) is 9.01. The lowest BCUT2D eigenvalue weighted by Gasteiger charge is -2.24. The largest absolute Gasteiger partial charge is 0.376 e. The highest BCUT2D eigenvalue weighted by atomic mass is 16.5. The third-order valence-electron chi connectivity index (χ3n) is 4.91. The lowest BCUT2D eigenvalue weighted by molar-refractivity contribution is 0.0818. The molecule has 1 N–H and O–H groups in total. The Morgan fingerprint density at radius 1 is 1.38 bits per heavy atom. The maximum absolute atomic E-state index is 12.4. The molecule has 3 atom stereocenters. The molecule has 1 aromatic rings. The zero-order valence-corrected chi connectivity index (χ0v) is 14.4. The van der Waals surface area contributed by atoms with Crippen molar-refractivity contribution in [2.24, 2.45) is 5.92 Å². The molecule has 5 heteroatoms. The Bertz CT molecular complexity index is 517. The van der Waals surface area contributed by atoms with Crippen molar-refractivity contribution in [1.29, 1.82) is 0 Å². The summed E-state index contributed by atoms with van der Waals surface area (Å²) in [5.41, 5.74) is 1.19. The van der Waals surface area contributed by atoms with Crippen LogP contribution in [0.3, 0.4) is 0 Å². The van der Waals surface area contributed by atoms with Gasteiger partial charge >= 0.3 is 6.03 Å². The van der Waals surface area contributed by atoms with Crippen molar-refractivity contribution in [2.75, 3.05) is 26.3 Å². The Morgan fingerprint density at radius 2 is 2.21 bits per heavy atom. The average molecular weight is 332 g/mol. The highest BCUT2D eigenvalue weighted by Gasteiger charge is 2.29. The highest BCUT2D eigenvalue weighted by molar-refractivity contribution is 5.74. The summed E-state index contributed by atoms with van der Waals surface area (Å²) < 4.78 is 11.5. The van der Waals surface area contributed by atoms with Gasteiger partial charge in [-0.05, 0) is 31.7 Å². The van der Waals surface area contributed by atoms with E-state index in [0.29, 0.717) is 19.1 Å². The van der Waals surface area contributed by atoms with Crippen LogP contribution in [0.4, 0.5) is 4.79 Å². The molecule has 0 aliphatic carbocycles. The van der Waals surface area contributed by atoms with Crippen molar-refractivity contribution in [1.82, 2.24) is 10.2 Å². The fourth-order valence-corrected chi connectivity index (χ4v) is 3.45. The van der Waals surface area contributed by atoms with Gasteiger partial charge in [0.15, 0.2) is 0 Å². The van der Waals surface area contributed by atoms with Gasteiger partial charge in [0.25, 0.3) is 0 Å². The molecule has 132 valence electrons. The summed E-state index contributed by atoms with van der Waals surface area (Å²) in [6.45, 7) is 5.78. The standard InChI is InChI=1S/C19H28N2O3/c1-15(18-8-5-11-24-18)20-19(22)21-10-9-17(12-21)14-23-13-16-6-3-2-4-7-16/h2-4,6-7,15,17-18H,5,8-14H2,1H3,(H,20,22)/t15-,17+,18-/m0/s1. The normalized spacial score (nSPS) is 25.0. The number of likely N-dealkylation sites (tertiary alicyclic amines) is 1. The number of ether oxygens (including phenoxy) is 2. The van der Waals surface area contributed by atoms with Crippen molar-refractivity contribution in [2.45, 2.75) is 44.9 Å². The second kappa shape index (κ2) is 8.49. The number of benzene rings is 1. The minimum absolute atomic E-state index is 0.0311. The van der Waals surface area contributed by atoms with Crippen molar-refractivity contribution in [3.63, 3.8) is 0 Å². The first kappa shape index (κ1) is 17.2. The highest BCUT2D eigenvalue weighted by Crippen LogP contribution is 2.19. The van der Waals surface area contributed by atoms with E-state index in [1.165, 1.54) is 5.56 Å². The summed E-state index contributed by atoms with van der Waals surface area (Å²) >= 11 is 0. The molecule has 0 saturated carbocycles. The first-order valence-electron chi connectivity index (χ1n) is 9.01. The fourth-order valence-electron chi connectivity index (χ4n) is 3.45. The molecule has 2 aliphatic heterocycles. The van der Waals surface area contributed by atoms with Gasteiger partial charge in [-0.15, -0.1) is 0 Å². The van der Waals surface area contributed by atoms with Gasteiger partial charge in [-0.25, -0.2) is 4.79 Å². The zero-order valence-electron chi connectivity index (χ0n) is 14.4. The Labute approximate surface area is 144 Å². The quantitative estimate of drug-likeness (QED) is 0.871. The molecule has 0 radical (unpaired) electrons. The van der Waals surface area contributed by atoms with E-state index in [1.54, 1.807) is 0 Å². The summed E-state index contributed by atoms with van der Waals surface area (Å²) in [5, 5.41) is 3.09. The average Bonchev–Trinajstić information content (AvgIpc) is 3.28. The maximum atomic E-state index is 12.4. The number of rotatable bonds is 6. The molecule has 0 bridgehead atoms. The predicted molar refractivity (Wildman–Crippen MR) is 92.7 cm³/mol. The molecule has 2 fully saturated rings. The maximum Gasteiger partial charge on any atom is 0.317 e. The summed E-state index contributed by atoms with van der Waals surface area (Å²) in [4.78, 5) is 14.3.